The third kappa shape index (κ3) is 3.20. The molecule has 0 aliphatic rings. The lowest BCUT2D eigenvalue weighted by molar-refractivity contribution is 0.208. The first kappa shape index (κ1) is 11.3. The van der Waals surface area contributed by atoms with Crippen LogP contribution < -0.4 is 10.1 Å². The normalized spacial score (nSPS) is 12.3. The van der Waals surface area contributed by atoms with Crippen LogP contribution in [-0.2, 0) is 0 Å². The highest BCUT2D eigenvalue weighted by molar-refractivity contribution is 9.10. The Labute approximate surface area is 92.2 Å². The molecule has 2 N–H and O–H groups in total. The molecule has 0 heterocycles. The summed E-state index contributed by atoms with van der Waals surface area (Å²) in [4.78, 5) is 0. The summed E-state index contributed by atoms with van der Waals surface area (Å²) in [5, 5.41) is 12.2. The summed E-state index contributed by atoms with van der Waals surface area (Å²) < 4.78 is 6.06. The zero-order valence-electron chi connectivity index (χ0n) is 8.25. The first-order valence-corrected chi connectivity index (χ1v) is 5.18. The monoisotopic (exact) mass is 259 g/mol. The first-order chi connectivity index (χ1) is 6.63. The van der Waals surface area contributed by atoms with Crippen molar-refractivity contribution in [3.05, 3.63) is 22.7 Å². The number of halogens is 1. The number of ether oxygens (including phenoxy) is 1. The first-order valence-electron chi connectivity index (χ1n) is 4.39. The van der Waals surface area contributed by atoms with E-state index in [9.17, 15) is 0 Å². The standard InChI is InChI=1S/C10H14BrNO2/c1-7(13)6-12-8-3-4-9(11)10(5-8)14-2/h3-5,7,12-13H,6H2,1-2H3/t7-/m1/s1. The number of benzene rings is 1. The molecule has 1 aromatic rings. The fourth-order valence-corrected chi connectivity index (χ4v) is 1.44. The van der Waals surface area contributed by atoms with Gasteiger partial charge >= 0.3 is 0 Å². The second kappa shape index (κ2) is 5.22. The summed E-state index contributed by atoms with van der Waals surface area (Å²) in [5.74, 6) is 0.778. The van der Waals surface area contributed by atoms with Crippen molar-refractivity contribution in [3.63, 3.8) is 0 Å². The van der Waals surface area contributed by atoms with Crippen LogP contribution >= 0.6 is 15.9 Å². The van der Waals surface area contributed by atoms with Crippen molar-refractivity contribution >= 4 is 21.6 Å². The Kier molecular flexibility index (Phi) is 4.22. The van der Waals surface area contributed by atoms with E-state index in [4.69, 9.17) is 9.84 Å². The van der Waals surface area contributed by atoms with Gasteiger partial charge in [-0.1, -0.05) is 0 Å². The molecule has 0 saturated heterocycles. The molecule has 0 unspecified atom stereocenters. The molecular formula is C10H14BrNO2. The van der Waals surface area contributed by atoms with Crippen LogP contribution in [0.15, 0.2) is 22.7 Å². The number of rotatable bonds is 4. The van der Waals surface area contributed by atoms with Crippen LogP contribution in [0.1, 0.15) is 6.92 Å². The zero-order valence-corrected chi connectivity index (χ0v) is 9.84. The minimum atomic E-state index is -0.357. The third-order valence-electron chi connectivity index (χ3n) is 1.75. The summed E-state index contributed by atoms with van der Waals surface area (Å²) in [7, 11) is 1.62. The van der Waals surface area contributed by atoms with Gasteiger partial charge in [0.1, 0.15) is 5.75 Å². The van der Waals surface area contributed by atoms with Gasteiger partial charge in [0.2, 0.25) is 0 Å². The fraction of sp³-hybridized carbons (Fsp3) is 0.400. The molecule has 1 aromatic carbocycles. The Morgan fingerprint density at radius 3 is 2.86 bits per heavy atom. The van der Waals surface area contributed by atoms with E-state index in [2.05, 4.69) is 21.2 Å². The topological polar surface area (TPSA) is 41.5 Å². The molecule has 1 rings (SSSR count). The highest BCUT2D eigenvalue weighted by Gasteiger charge is 2.01. The van der Waals surface area contributed by atoms with E-state index in [-0.39, 0.29) is 6.10 Å². The number of methoxy groups -OCH3 is 1. The van der Waals surface area contributed by atoms with E-state index in [1.54, 1.807) is 14.0 Å². The summed E-state index contributed by atoms with van der Waals surface area (Å²) >= 11 is 3.37. The van der Waals surface area contributed by atoms with Gasteiger partial charge in [0.05, 0.1) is 17.7 Å². The lowest BCUT2D eigenvalue weighted by Crippen LogP contribution is -2.15. The van der Waals surface area contributed by atoms with E-state index in [0.717, 1.165) is 15.9 Å². The summed E-state index contributed by atoms with van der Waals surface area (Å²) in [5.41, 5.74) is 0.936. The van der Waals surface area contributed by atoms with Gasteiger partial charge in [0.15, 0.2) is 0 Å². The molecule has 78 valence electrons. The number of aliphatic hydroxyl groups is 1. The number of hydrogen-bond acceptors (Lipinski definition) is 3. The second-order valence-electron chi connectivity index (χ2n) is 3.08. The Morgan fingerprint density at radius 2 is 2.29 bits per heavy atom. The van der Waals surface area contributed by atoms with Crippen molar-refractivity contribution in [3.8, 4) is 5.75 Å². The van der Waals surface area contributed by atoms with Crippen LogP contribution in [0.2, 0.25) is 0 Å². The zero-order chi connectivity index (χ0) is 10.6. The molecule has 0 bridgehead atoms. The molecule has 0 fully saturated rings. The van der Waals surface area contributed by atoms with Crippen LogP contribution in [0.4, 0.5) is 5.69 Å². The number of aliphatic hydroxyl groups excluding tert-OH is 1. The lowest BCUT2D eigenvalue weighted by atomic mass is 10.3. The van der Waals surface area contributed by atoms with Gasteiger partial charge in [-0.3, -0.25) is 0 Å². The molecule has 0 aromatic heterocycles. The van der Waals surface area contributed by atoms with Gasteiger partial charge in [-0.25, -0.2) is 0 Å². The Balaban J connectivity index is 2.69. The van der Waals surface area contributed by atoms with Gasteiger partial charge in [-0.2, -0.15) is 0 Å². The van der Waals surface area contributed by atoms with Gasteiger partial charge in [0, 0.05) is 18.3 Å². The van der Waals surface area contributed by atoms with Crippen molar-refractivity contribution in [1.82, 2.24) is 0 Å². The highest BCUT2D eigenvalue weighted by atomic mass is 79.9. The van der Waals surface area contributed by atoms with Crippen LogP contribution in [0.3, 0.4) is 0 Å². The summed E-state index contributed by atoms with van der Waals surface area (Å²) in [6.07, 6.45) is -0.357. The van der Waals surface area contributed by atoms with Gasteiger partial charge in [-0.05, 0) is 35.0 Å². The van der Waals surface area contributed by atoms with Crippen LogP contribution in [0, 0.1) is 0 Å². The van der Waals surface area contributed by atoms with E-state index >= 15 is 0 Å². The Bertz CT molecular complexity index is 302. The van der Waals surface area contributed by atoms with Gasteiger partial charge in [-0.15, -0.1) is 0 Å². The molecule has 3 nitrogen and oxygen atoms in total. The molecule has 14 heavy (non-hydrogen) atoms. The fourth-order valence-electron chi connectivity index (χ4n) is 1.04. The van der Waals surface area contributed by atoms with Gasteiger partial charge < -0.3 is 15.2 Å². The van der Waals surface area contributed by atoms with E-state index in [1.807, 2.05) is 18.2 Å². The Morgan fingerprint density at radius 1 is 1.57 bits per heavy atom. The van der Waals surface area contributed by atoms with E-state index < -0.39 is 0 Å². The third-order valence-corrected chi connectivity index (χ3v) is 2.41. The van der Waals surface area contributed by atoms with Crippen LogP contribution in [0.5, 0.6) is 5.75 Å². The maximum Gasteiger partial charge on any atom is 0.135 e. The van der Waals surface area contributed by atoms with E-state index in [1.165, 1.54) is 0 Å². The maximum atomic E-state index is 9.09. The van der Waals surface area contributed by atoms with Crippen molar-refractivity contribution in [2.75, 3.05) is 19.0 Å². The average Bonchev–Trinajstić information content (AvgIpc) is 2.16. The average molecular weight is 260 g/mol. The minimum absolute atomic E-state index is 0.357. The maximum absolute atomic E-state index is 9.09. The minimum Gasteiger partial charge on any atom is -0.495 e. The number of nitrogens with one attached hydrogen (secondary N) is 1. The smallest absolute Gasteiger partial charge is 0.135 e. The van der Waals surface area contributed by atoms with Crippen molar-refractivity contribution in [2.45, 2.75) is 13.0 Å². The SMILES string of the molecule is COc1cc(NC[C@@H](C)O)ccc1Br. The van der Waals surface area contributed by atoms with Crippen LogP contribution in [0.25, 0.3) is 0 Å². The molecule has 0 spiro atoms. The molecular weight excluding hydrogens is 246 g/mol. The summed E-state index contributed by atoms with van der Waals surface area (Å²) in [6, 6.07) is 5.71. The molecule has 4 heteroatoms. The molecule has 0 aliphatic carbocycles. The van der Waals surface area contributed by atoms with E-state index in [0.29, 0.717) is 6.54 Å². The predicted molar refractivity (Wildman–Crippen MR) is 60.9 cm³/mol. The second-order valence-corrected chi connectivity index (χ2v) is 3.93. The lowest BCUT2D eigenvalue weighted by Gasteiger charge is -2.10. The Hall–Kier alpha value is -0.740. The van der Waals surface area contributed by atoms with Crippen molar-refractivity contribution in [1.29, 1.82) is 0 Å². The van der Waals surface area contributed by atoms with Crippen LogP contribution in [-0.4, -0.2) is 24.9 Å². The quantitative estimate of drug-likeness (QED) is 0.872. The summed E-state index contributed by atoms with van der Waals surface area (Å²) in [6.45, 7) is 2.27. The number of anilines is 1. The van der Waals surface area contributed by atoms with Crippen molar-refractivity contribution < 1.29 is 9.84 Å². The highest BCUT2D eigenvalue weighted by Crippen LogP contribution is 2.27. The molecule has 0 saturated carbocycles. The molecule has 0 aliphatic heterocycles. The largest absolute Gasteiger partial charge is 0.495 e. The number of hydrogen-bond donors (Lipinski definition) is 2. The van der Waals surface area contributed by atoms with Crippen molar-refractivity contribution in [2.24, 2.45) is 0 Å². The predicted octanol–water partition coefficient (Wildman–Crippen LogP) is 2.25. The van der Waals surface area contributed by atoms with Gasteiger partial charge in [0.25, 0.3) is 0 Å². The molecule has 1 atom stereocenters. The molecule has 0 amide bonds. The molecule has 0 radical (unpaired) electrons.